The van der Waals surface area contributed by atoms with Crippen LogP contribution >= 0.6 is 11.6 Å². The molecule has 0 unspecified atom stereocenters. The molecule has 2 rings (SSSR count). The number of nitrogens with one attached hydrogen (secondary N) is 1. The third-order valence-electron chi connectivity index (χ3n) is 2.67. The van der Waals surface area contributed by atoms with Gasteiger partial charge < -0.3 is 5.32 Å². The van der Waals surface area contributed by atoms with E-state index in [1.165, 1.54) is 6.07 Å². The van der Waals surface area contributed by atoms with E-state index in [4.69, 9.17) is 11.6 Å². The summed E-state index contributed by atoms with van der Waals surface area (Å²) in [5.74, 6) is -1.67. The highest BCUT2D eigenvalue weighted by Crippen LogP contribution is 2.21. The van der Waals surface area contributed by atoms with Gasteiger partial charge in [-0.2, -0.15) is 0 Å². The molecule has 0 atom stereocenters. The lowest BCUT2D eigenvalue weighted by atomic mass is 10.1. The molecule has 2 aromatic carbocycles. The maximum Gasteiger partial charge on any atom is 0.159 e. The van der Waals surface area contributed by atoms with Gasteiger partial charge in [0.1, 0.15) is 0 Å². The fourth-order valence-corrected chi connectivity index (χ4v) is 1.80. The minimum atomic E-state index is -0.836. The van der Waals surface area contributed by atoms with E-state index >= 15 is 0 Å². The van der Waals surface area contributed by atoms with Gasteiger partial charge in [0.2, 0.25) is 0 Å². The van der Waals surface area contributed by atoms with Gasteiger partial charge in [-0.05, 0) is 42.3 Å². The van der Waals surface area contributed by atoms with E-state index in [0.29, 0.717) is 17.1 Å². The molecule has 1 N–H and O–H groups in total. The van der Waals surface area contributed by atoms with Gasteiger partial charge in [0.25, 0.3) is 0 Å². The highest BCUT2D eigenvalue weighted by atomic mass is 35.5. The molecule has 0 aromatic heterocycles. The normalized spacial score (nSPS) is 10.4. The minimum Gasteiger partial charge on any atom is -0.381 e. The number of hydrogen-bond donors (Lipinski definition) is 1. The van der Waals surface area contributed by atoms with Gasteiger partial charge in [0, 0.05) is 17.3 Å². The van der Waals surface area contributed by atoms with Crippen LogP contribution in [0.15, 0.2) is 36.4 Å². The Morgan fingerprint density at radius 1 is 1.06 bits per heavy atom. The van der Waals surface area contributed by atoms with Crippen LogP contribution in [-0.4, -0.2) is 0 Å². The van der Waals surface area contributed by atoms with E-state index in [1.807, 2.05) is 13.0 Å². The molecule has 0 amide bonds. The van der Waals surface area contributed by atoms with E-state index in [9.17, 15) is 8.78 Å². The van der Waals surface area contributed by atoms with Gasteiger partial charge in [-0.15, -0.1) is 0 Å². The van der Waals surface area contributed by atoms with Gasteiger partial charge in [0.05, 0.1) is 0 Å². The highest BCUT2D eigenvalue weighted by Gasteiger charge is 2.03. The average Bonchev–Trinajstić information content (AvgIpc) is 2.34. The van der Waals surface area contributed by atoms with E-state index in [2.05, 4.69) is 5.32 Å². The van der Waals surface area contributed by atoms with Crippen molar-refractivity contribution in [3.8, 4) is 0 Å². The number of aryl methyl sites for hydroxylation is 1. The smallest absolute Gasteiger partial charge is 0.159 e. The van der Waals surface area contributed by atoms with E-state index in [1.54, 1.807) is 18.2 Å². The van der Waals surface area contributed by atoms with Crippen LogP contribution in [0.4, 0.5) is 14.5 Å². The standard InChI is InChI=1S/C14H12ClF2N/c1-9-2-4-11(15)7-14(9)18-8-10-3-5-12(16)13(17)6-10/h2-7,18H,8H2,1H3. The zero-order valence-corrected chi connectivity index (χ0v) is 10.6. The molecule has 18 heavy (non-hydrogen) atoms. The largest absolute Gasteiger partial charge is 0.381 e. The van der Waals surface area contributed by atoms with Crippen molar-refractivity contribution in [3.05, 3.63) is 64.2 Å². The van der Waals surface area contributed by atoms with Crippen LogP contribution in [0.2, 0.25) is 5.02 Å². The zero-order chi connectivity index (χ0) is 13.1. The predicted octanol–water partition coefficient (Wildman–Crippen LogP) is 4.54. The van der Waals surface area contributed by atoms with Gasteiger partial charge in [-0.25, -0.2) is 8.78 Å². The summed E-state index contributed by atoms with van der Waals surface area (Å²) in [6.07, 6.45) is 0. The second-order valence-electron chi connectivity index (χ2n) is 4.06. The number of anilines is 1. The Bertz CT molecular complexity index is 570. The Balaban J connectivity index is 2.11. The first-order valence-electron chi connectivity index (χ1n) is 5.50. The third kappa shape index (κ3) is 2.99. The van der Waals surface area contributed by atoms with Crippen molar-refractivity contribution in [3.63, 3.8) is 0 Å². The Kier molecular flexibility index (Phi) is 3.82. The maximum absolute atomic E-state index is 13.0. The molecule has 0 bridgehead atoms. The minimum absolute atomic E-state index is 0.415. The molecule has 94 valence electrons. The lowest BCUT2D eigenvalue weighted by molar-refractivity contribution is 0.507. The van der Waals surface area contributed by atoms with E-state index in [-0.39, 0.29) is 0 Å². The molecule has 2 aromatic rings. The van der Waals surface area contributed by atoms with E-state index in [0.717, 1.165) is 17.3 Å². The molecule has 0 saturated carbocycles. The molecule has 4 heteroatoms. The summed E-state index contributed by atoms with van der Waals surface area (Å²) >= 11 is 5.89. The van der Waals surface area contributed by atoms with Crippen LogP contribution in [0.5, 0.6) is 0 Å². The predicted molar refractivity (Wildman–Crippen MR) is 69.9 cm³/mol. The fraction of sp³-hybridized carbons (Fsp3) is 0.143. The molecule has 0 fully saturated rings. The average molecular weight is 268 g/mol. The van der Waals surface area contributed by atoms with Crippen molar-refractivity contribution in [1.29, 1.82) is 0 Å². The molecule has 0 radical (unpaired) electrons. The van der Waals surface area contributed by atoms with Crippen molar-refractivity contribution < 1.29 is 8.78 Å². The molecule has 0 aliphatic carbocycles. The number of rotatable bonds is 3. The Hall–Kier alpha value is -1.61. The van der Waals surface area contributed by atoms with Crippen molar-refractivity contribution in [1.82, 2.24) is 0 Å². The number of benzene rings is 2. The topological polar surface area (TPSA) is 12.0 Å². The third-order valence-corrected chi connectivity index (χ3v) is 2.90. The molecule has 0 aliphatic rings. The molecular weight excluding hydrogens is 256 g/mol. The summed E-state index contributed by atoms with van der Waals surface area (Å²) < 4.78 is 25.8. The molecule has 0 aliphatic heterocycles. The summed E-state index contributed by atoms with van der Waals surface area (Å²) in [6, 6.07) is 9.36. The van der Waals surface area contributed by atoms with Crippen LogP contribution in [0, 0.1) is 18.6 Å². The number of halogens is 3. The van der Waals surface area contributed by atoms with Crippen LogP contribution in [0.3, 0.4) is 0 Å². The van der Waals surface area contributed by atoms with Crippen LogP contribution in [0.25, 0.3) is 0 Å². The highest BCUT2D eigenvalue weighted by molar-refractivity contribution is 6.30. The first-order valence-corrected chi connectivity index (χ1v) is 5.88. The SMILES string of the molecule is Cc1ccc(Cl)cc1NCc1ccc(F)c(F)c1. The quantitative estimate of drug-likeness (QED) is 0.861. The Labute approximate surface area is 109 Å². The monoisotopic (exact) mass is 267 g/mol. The van der Waals surface area contributed by atoms with Gasteiger partial charge in [-0.1, -0.05) is 23.7 Å². The second kappa shape index (κ2) is 5.36. The van der Waals surface area contributed by atoms with Crippen LogP contribution in [0.1, 0.15) is 11.1 Å². The Morgan fingerprint density at radius 2 is 1.83 bits per heavy atom. The second-order valence-corrected chi connectivity index (χ2v) is 4.50. The lowest BCUT2D eigenvalue weighted by Crippen LogP contribution is -2.02. The fourth-order valence-electron chi connectivity index (χ4n) is 1.63. The van der Waals surface area contributed by atoms with Crippen molar-refractivity contribution in [2.75, 3.05) is 5.32 Å². The molecule has 0 heterocycles. The van der Waals surface area contributed by atoms with Crippen LogP contribution in [-0.2, 0) is 6.54 Å². The molecular formula is C14H12ClF2N. The van der Waals surface area contributed by atoms with Crippen molar-refractivity contribution in [2.45, 2.75) is 13.5 Å². The molecule has 1 nitrogen and oxygen atoms in total. The van der Waals surface area contributed by atoms with E-state index < -0.39 is 11.6 Å². The van der Waals surface area contributed by atoms with Gasteiger partial charge in [-0.3, -0.25) is 0 Å². The maximum atomic E-state index is 13.0. The summed E-state index contributed by atoms with van der Waals surface area (Å²) in [6.45, 7) is 2.36. The molecule has 0 saturated heterocycles. The lowest BCUT2D eigenvalue weighted by Gasteiger charge is -2.10. The zero-order valence-electron chi connectivity index (χ0n) is 9.81. The number of hydrogen-bond acceptors (Lipinski definition) is 1. The summed E-state index contributed by atoms with van der Waals surface area (Å²) in [7, 11) is 0. The summed E-state index contributed by atoms with van der Waals surface area (Å²) in [5, 5.41) is 3.78. The van der Waals surface area contributed by atoms with Gasteiger partial charge in [0.15, 0.2) is 11.6 Å². The van der Waals surface area contributed by atoms with Crippen molar-refractivity contribution in [2.24, 2.45) is 0 Å². The van der Waals surface area contributed by atoms with Crippen LogP contribution < -0.4 is 5.32 Å². The molecule has 0 spiro atoms. The first-order chi connectivity index (χ1) is 8.56. The summed E-state index contributed by atoms with van der Waals surface area (Å²) in [5.41, 5.74) is 2.60. The summed E-state index contributed by atoms with van der Waals surface area (Å²) in [4.78, 5) is 0. The van der Waals surface area contributed by atoms with Crippen molar-refractivity contribution >= 4 is 17.3 Å². The Morgan fingerprint density at radius 3 is 2.56 bits per heavy atom. The van der Waals surface area contributed by atoms with Gasteiger partial charge >= 0.3 is 0 Å². The first kappa shape index (κ1) is 12.8.